The molecule has 0 aromatic heterocycles. The summed E-state index contributed by atoms with van der Waals surface area (Å²) < 4.78 is 0. The van der Waals surface area contributed by atoms with E-state index in [9.17, 15) is 4.79 Å². The van der Waals surface area contributed by atoms with E-state index in [-0.39, 0.29) is 0 Å². The molecule has 3 rings (SSSR count). The summed E-state index contributed by atoms with van der Waals surface area (Å²) in [6, 6.07) is 8.89. The van der Waals surface area contributed by atoms with Crippen LogP contribution in [0.4, 0.5) is 0 Å². The van der Waals surface area contributed by atoms with Gasteiger partial charge in [-0.15, -0.1) is 0 Å². The van der Waals surface area contributed by atoms with Crippen LogP contribution in [0.15, 0.2) is 24.3 Å². The Hall–Kier alpha value is -1.00. The lowest BCUT2D eigenvalue weighted by molar-refractivity contribution is -0.132. The SMILES string of the molecule is O=C(CC1CSCCN1)N1CCCc2ccccc2C1. The molecule has 20 heavy (non-hydrogen) atoms. The Morgan fingerprint density at radius 1 is 1.35 bits per heavy atom. The number of thioether (sulfide) groups is 1. The second kappa shape index (κ2) is 6.64. The lowest BCUT2D eigenvalue weighted by atomic mass is 10.0. The lowest BCUT2D eigenvalue weighted by Gasteiger charge is -2.27. The molecule has 0 aliphatic carbocycles. The Morgan fingerprint density at radius 3 is 3.00 bits per heavy atom. The number of hydrogen-bond donors (Lipinski definition) is 1. The van der Waals surface area contributed by atoms with Gasteiger partial charge in [-0.1, -0.05) is 24.3 Å². The fraction of sp³-hybridized carbons (Fsp3) is 0.562. The molecule has 1 N–H and O–H groups in total. The molecule has 2 aliphatic rings. The van der Waals surface area contributed by atoms with E-state index in [4.69, 9.17) is 0 Å². The van der Waals surface area contributed by atoms with Crippen molar-refractivity contribution in [1.29, 1.82) is 0 Å². The Balaban J connectivity index is 1.63. The van der Waals surface area contributed by atoms with E-state index in [1.54, 1.807) is 0 Å². The molecule has 3 nitrogen and oxygen atoms in total. The normalized spacial score (nSPS) is 23.0. The van der Waals surface area contributed by atoms with Gasteiger partial charge < -0.3 is 10.2 Å². The molecule has 1 fully saturated rings. The molecule has 0 radical (unpaired) electrons. The first-order valence-corrected chi connectivity index (χ1v) is 8.64. The number of nitrogens with one attached hydrogen (secondary N) is 1. The third kappa shape index (κ3) is 3.36. The van der Waals surface area contributed by atoms with Crippen LogP contribution in [0.5, 0.6) is 0 Å². The van der Waals surface area contributed by atoms with Crippen LogP contribution >= 0.6 is 11.8 Å². The van der Waals surface area contributed by atoms with Crippen LogP contribution in [0.25, 0.3) is 0 Å². The molecule has 1 atom stereocenters. The Kier molecular flexibility index (Phi) is 4.63. The van der Waals surface area contributed by atoms with Crippen molar-refractivity contribution in [1.82, 2.24) is 10.2 Å². The average molecular weight is 290 g/mol. The molecule has 1 unspecified atom stereocenters. The van der Waals surface area contributed by atoms with Crippen molar-refractivity contribution in [3.05, 3.63) is 35.4 Å². The number of aryl methyl sites for hydroxylation is 1. The monoisotopic (exact) mass is 290 g/mol. The molecule has 4 heteroatoms. The maximum absolute atomic E-state index is 12.5. The van der Waals surface area contributed by atoms with Gasteiger partial charge in [0.15, 0.2) is 0 Å². The highest BCUT2D eigenvalue weighted by atomic mass is 32.2. The fourth-order valence-corrected chi connectivity index (χ4v) is 3.95. The van der Waals surface area contributed by atoms with E-state index in [1.165, 1.54) is 16.9 Å². The molecule has 0 spiro atoms. The quantitative estimate of drug-likeness (QED) is 0.905. The van der Waals surface area contributed by atoms with Crippen LogP contribution in [-0.2, 0) is 17.8 Å². The molecule has 108 valence electrons. The summed E-state index contributed by atoms with van der Waals surface area (Å²) in [6.07, 6.45) is 2.82. The highest BCUT2D eigenvalue weighted by molar-refractivity contribution is 7.99. The predicted octanol–water partition coefficient (Wildman–Crippen LogP) is 2.06. The highest BCUT2D eigenvalue weighted by Crippen LogP contribution is 2.20. The number of fused-ring (bicyclic) bond motifs is 1. The van der Waals surface area contributed by atoms with Crippen LogP contribution in [0.2, 0.25) is 0 Å². The first-order chi connectivity index (χ1) is 9.83. The van der Waals surface area contributed by atoms with Crippen molar-refractivity contribution in [2.75, 3.05) is 24.6 Å². The third-order valence-corrected chi connectivity index (χ3v) is 5.26. The summed E-state index contributed by atoms with van der Waals surface area (Å²) in [5.74, 6) is 2.54. The summed E-state index contributed by atoms with van der Waals surface area (Å²) in [5.41, 5.74) is 2.73. The maximum Gasteiger partial charge on any atom is 0.224 e. The summed E-state index contributed by atoms with van der Waals surface area (Å²) in [5, 5.41) is 3.46. The molecule has 0 saturated carbocycles. The number of benzene rings is 1. The molecule has 1 aromatic rings. The van der Waals surface area contributed by atoms with Crippen LogP contribution < -0.4 is 5.32 Å². The molecule has 0 bridgehead atoms. The van der Waals surface area contributed by atoms with Gasteiger partial charge in [-0.3, -0.25) is 4.79 Å². The zero-order valence-electron chi connectivity index (χ0n) is 11.8. The lowest BCUT2D eigenvalue weighted by Crippen LogP contribution is -2.42. The zero-order valence-corrected chi connectivity index (χ0v) is 12.6. The third-order valence-electron chi connectivity index (χ3n) is 4.13. The first kappa shape index (κ1) is 14.0. The molecule has 2 aliphatic heterocycles. The Labute approximate surface area is 125 Å². The van der Waals surface area contributed by atoms with Gasteiger partial charge in [-0.05, 0) is 24.0 Å². The first-order valence-electron chi connectivity index (χ1n) is 7.48. The van der Waals surface area contributed by atoms with Gasteiger partial charge >= 0.3 is 0 Å². The van der Waals surface area contributed by atoms with Gasteiger partial charge in [-0.25, -0.2) is 0 Å². The van der Waals surface area contributed by atoms with E-state index in [0.717, 1.165) is 38.2 Å². The Morgan fingerprint density at radius 2 is 2.20 bits per heavy atom. The van der Waals surface area contributed by atoms with Crippen molar-refractivity contribution in [3.63, 3.8) is 0 Å². The van der Waals surface area contributed by atoms with Crippen LogP contribution in [-0.4, -0.2) is 41.4 Å². The van der Waals surface area contributed by atoms with Crippen LogP contribution in [0, 0.1) is 0 Å². The minimum Gasteiger partial charge on any atom is -0.338 e. The second-order valence-corrected chi connectivity index (χ2v) is 6.77. The van der Waals surface area contributed by atoms with Crippen LogP contribution in [0.1, 0.15) is 24.0 Å². The summed E-state index contributed by atoms with van der Waals surface area (Å²) in [4.78, 5) is 14.6. The van der Waals surface area contributed by atoms with Gasteiger partial charge in [0, 0.05) is 43.6 Å². The average Bonchev–Trinajstić information content (AvgIpc) is 2.70. The van der Waals surface area contributed by atoms with Crippen molar-refractivity contribution >= 4 is 17.7 Å². The van der Waals surface area contributed by atoms with E-state index < -0.39 is 0 Å². The van der Waals surface area contributed by atoms with E-state index in [1.807, 2.05) is 16.7 Å². The number of amides is 1. The molecule has 2 heterocycles. The number of carbonyl (C=O) groups excluding carboxylic acids is 1. The van der Waals surface area contributed by atoms with Crippen molar-refractivity contribution in [2.45, 2.75) is 31.8 Å². The van der Waals surface area contributed by atoms with Gasteiger partial charge in [0.05, 0.1) is 0 Å². The standard InChI is InChI=1S/C16H22N2OS/c19-16(10-15-12-20-9-7-17-15)18-8-3-6-13-4-1-2-5-14(13)11-18/h1-2,4-5,15,17H,3,6-12H2. The van der Waals surface area contributed by atoms with E-state index >= 15 is 0 Å². The fourth-order valence-electron chi connectivity index (χ4n) is 3.00. The molecule has 1 aromatic carbocycles. The number of rotatable bonds is 2. The largest absolute Gasteiger partial charge is 0.338 e. The van der Waals surface area contributed by atoms with Crippen LogP contribution in [0.3, 0.4) is 0 Å². The van der Waals surface area contributed by atoms with Crippen molar-refractivity contribution in [3.8, 4) is 0 Å². The predicted molar refractivity (Wildman–Crippen MR) is 83.9 cm³/mol. The summed E-state index contributed by atoms with van der Waals surface area (Å²) >= 11 is 1.95. The highest BCUT2D eigenvalue weighted by Gasteiger charge is 2.22. The topological polar surface area (TPSA) is 32.3 Å². The smallest absolute Gasteiger partial charge is 0.224 e. The minimum absolute atomic E-state index is 0.307. The number of hydrogen-bond acceptors (Lipinski definition) is 3. The van der Waals surface area contributed by atoms with E-state index in [2.05, 4.69) is 29.6 Å². The Bertz CT molecular complexity index is 471. The second-order valence-electron chi connectivity index (χ2n) is 5.62. The summed E-state index contributed by atoms with van der Waals surface area (Å²) in [7, 11) is 0. The maximum atomic E-state index is 12.5. The number of nitrogens with zero attached hydrogens (tertiary/aromatic N) is 1. The number of carbonyl (C=O) groups is 1. The van der Waals surface area contributed by atoms with Gasteiger partial charge in [-0.2, -0.15) is 11.8 Å². The minimum atomic E-state index is 0.307. The molecular formula is C16H22N2OS. The van der Waals surface area contributed by atoms with Gasteiger partial charge in [0.1, 0.15) is 0 Å². The van der Waals surface area contributed by atoms with Crippen molar-refractivity contribution in [2.24, 2.45) is 0 Å². The molecular weight excluding hydrogens is 268 g/mol. The van der Waals surface area contributed by atoms with Crippen molar-refractivity contribution < 1.29 is 4.79 Å². The zero-order chi connectivity index (χ0) is 13.8. The van der Waals surface area contributed by atoms with E-state index in [0.29, 0.717) is 18.4 Å². The molecule has 1 amide bonds. The molecule has 1 saturated heterocycles. The van der Waals surface area contributed by atoms with Gasteiger partial charge in [0.25, 0.3) is 0 Å². The summed E-state index contributed by atoms with van der Waals surface area (Å²) in [6.45, 7) is 2.72. The van der Waals surface area contributed by atoms with Gasteiger partial charge in [0.2, 0.25) is 5.91 Å².